The number of carbonyl (C=O) groups excluding carboxylic acids is 1. The van der Waals surface area contributed by atoms with Gasteiger partial charge < -0.3 is 0 Å². The van der Waals surface area contributed by atoms with Crippen LogP contribution in [0.15, 0.2) is 54.7 Å². The van der Waals surface area contributed by atoms with Gasteiger partial charge in [0.1, 0.15) is 5.01 Å². The number of amides is 1. The Labute approximate surface area is 137 Å². The Morgan fingerprint density at radius 3 is 2.73 bits per heavy atom. The smallest absolute Gasteiger partial charge is 0.227 e. The largest absolute Gasteiger partial charge is 0.288 e. The van der Waals surface area contributed by atoms with Crippen LogP contribution >= 0.6 is 22.9 Å². The Balaban J connectivity index is 1.91. The van der Waals surface area contributed by atoms with E-state index in [0.717, 1.165) is 20.9 Å². The highest BCUT2D eigenvalue weighted by atomic mass is 35.5. The number of halogens is 1. The second-order valence-electron chi connectivity index (χ2n) is 4.70. The van der Waals surface area contributed by atoms with E-state index in [2.05, 4.69) is 4.98 Å². The molecule has 0 radical (unpaired) electrons. The van der Waals surface area contributed by atoms with Crippen LogP contribution in [0.3, 0.4) is 0 Å². The first kappa shape index (κ1) is 14.8. The highest BCUT2D eigenvalue weighted by molar-refractivity contribution is 7.19. The molecule has 0 saturated heterocycles. The average Bonchev–Trinajstić information content (AvgIpc) is 2.90. The van der Waals surface area contributed by atoms with Gasteiger partial charge in [0.2, 0.25) is 5.91 Å². The van der Waals surface area contributed by atoms with Crippen molar-refractivity contribution >= 4 is 50.8 Å². The lowest BCUT2D eigenvalue weighted by molar-refractivity contribution is -0.115. The maximum atomic E-state index is 11.8. The quantitative estimate of drug-likeness (QED) is 0.679. The number of carbonyl (C=O) groups is 1. The van der Waals surface area contributed by atoms with E-state index in [4.69, 9.17) is 11.6 Å². The van der Waals surface area contributed by atoms with E-state index in [9.17, 15) is 4.79 Å². The van der Waals surface area contributed by atoms with Crippen LogP contribution in [0.2, 0.25) is 5.02 Å². The van der Waals surface area contributed by atoms with Crippen LogP contribution in [0.4, 0.5) is 5.69 Å². The molecule has 0 aliphatic heterocycles. The third kappa shape index (κ3) is 3.18. The number of aromatic nitrogens is 1. The summed E-state index contributed by atoms with van der Waals surface area (Å²) in [6, 6.07) is 15.1. The monoisotopic (exact) mass is 328 g/mol. The van der Waals surface area contributed by atoms with Gasteiger partial charge in [-0.2, -0.15) is 0 Å². The Morgan fingerprint density at radius 2 is 2.00 bits per heavy atom. The van der Waals surface area contributed by atoms with Crippen LogP contribution in [0.1, 0.15) is 11.9 Å². The van der Waals surface area contributed by atoms with E-state index in [-0.39, 0.29) is 5.91 Å². The summed E-state index contributed by atoms with van der Waals surface area (Å²) < 4.78 is 1.07. The van der Waals surface area contributed by atoms with Gasteiger partial charge in [-0.25, -0.2) is 4.98 Å². The van der Waals surface area contributed by atoms with Crippen molar-refractivity contribution in [1.82, 2.24) is 4.98 Å². The molecule has 1 amide bonds. The summed E-state index contributed by atoms with van der Waals surface area (Å²) in [7, 11) is 0. The minimum Gasteiger partial charge on any atom is -0.288 e. The molecule has 22 heavy (non-hydrogen) atoms. The van der Waals surface area contributed by atoms with Crippen molar-refractivity contribution in [3.8, 4) is 0 Å². The van der Waals surface area contributed by atoms with Gasteiger partial charge in [-0.1, -0.05) is 29.8 Å². The van der Waals surface area contributed by atoms with Crippen LogP contribution < -0.4 is 4.90 Å². The molecule has 3 rings (SSSR count). The lowest BCUT2D eigenvalue weighted by Crippen LogP contribution is -2.21. The summed E-state index contributed by atoms with van der Waals surface area (Å²) in [5.41, 5.74) is 1.70. The number of anilines is 1. The number of thiazole rings is 1. The maximum absolute atomic E-state index is 11.8. The molecule has 0 spiro atoms. The van der Waals surface area contributed by atoms with Crippen LogP contribution in [0.25, 0.3) is 16.3 Å². The fourth-order valence-corrected chi connectivity index (χ4v) is 3.10. The van der Waals surface area contributed by atoms with E-state index in [1.807, 2.05) is 54.6 Å². The molecule has 0 aliphatic rings. The summed E-state index contributed by atoms with van der Waals surface area (Å²) in [6.07, 6.45) is 3.59. The molecule has 2 aromatic carbocycles. The third-order valence-corrected chi connectivity index (χ3v) is 4.34. The molecule has 3 nitrogen and oxygen atoms in total. The first-order chi connectivity index (χ1) is 10.6. The van der Waals surface area contributed by atoms with Crippen molar-refractivity contribution in [3.63, 3.8) is 0 Å². The molecule has 0 unspecified atom stereocenters. The third-order valence-electron chi connectivity index (χ3n) is 3.11. The fourth-order valence-electron chi connectivity index (χ4n) is 2.09. The standard InChI is InChI=1S/C17H13ClN2OS/c1-12(21)20(14-5-3-2-4-6-14)10-9-17-19-15-11-13(18)7-8-16(15)22-17/h2-11H,1H3. The van der Waals surface area contributed by atoms with Crippen molar-refractivity contribution in [2.45, 2.75) is 6.92 Å². The first-order valence-corrected chi connectivity index (χ1v) is 7.92. The SMILES string of the molecule is CC(=O)N(C=Cc1nc2cc(Cl)ccc2s1)c1ccccc1. The summed E-state index contributed by atoms with van der Waals surface area (Å²) in [4.78, 5) is 17.9. The lowest BCUT2D eigenvalue weighted by atomic mass is 10.3. The zero-order valence-electron chi connectivity index (χ0n) is 11.9. The van der Waals surface area contributed by atoms with Gasteiger partial charge in [0.25, 0.3) is 0 Å². The highest BCUT2D eigenvalue weighted by Crippen LogP contribution is 2.26. The first-order valence-electron chi connectivity index (χ1n) is 6.72. The van der Waals surface area contributed by atoms with Crippen molar-refractivity contribution in [3.05, 3.63) is 64.8 Å². The average molecular weight is 329 g/mol. The predicted octanol–water partition coefficient (Wildman–Crippen LogP) is 4.97. The minimum atomic E-state index is -0.0494. The predicted molar refractivity (Wildman–Crippen MR) is 93.3 cm³/mol. The number of hydrogen-bond acceptors (Lipinski definition) is 3. The summed E-state index contributed by atoms with van der Waals surface area (Å²) in [5.74, 6) is -0.0494. The molecule has 5 heteroatoms. The fraction of sp³-hybridized carbons (Fsp3) is 0.0588. The second-order valence-corrected chi connectivity index (χ2v) is 6.20. The highest BCUT2D eigenvalue weighted by Gasteiger charge is 2.08. The van der Waals surface area contributed by atoms with Crippen molar-refractivity contribution in [2.24, 2.45) is 0 Å². The molecule has 0 fully saturated rings. The van der Waals surface area contributed by atoms with E-state index in [0.29, 0.717) is 5.02 Å². The number of hydrogen-bond donors (Lipinski definition) is 0. The zero-order chi connectivity index (χ0) is 15.5. The second kappa shape index (κ2) is 6.30. The van der Waals surface area contributed by atoms with Gasteiger partial charge in [-0.05, 0) is 36.4 Å². The van der Waals surface area contributed by atoms with E-state index >= 15 is 0 Å². The molecule has 0 saturated carbocycles. The van der Waals surface area contributed by atoms with Gasteiger partial charge in [0.05, 0.1) is 10.2 Å². The lowest BCUT2D eigenvalue weighted by Gasteiger charge is -2.15. The molecule has 0 bridgehead atoms. The van der Waals surface area contributed by atoms with Crippen molar-refractivity contribution < 1.29 is 4.79 Å². The molecule has 110 valence electrons. The number of benzene rings is 2. The molecular weight excluding hydrogens is 316 g/mol. The van der Waals surface area contributed by atoms with Gasteiger partial charge in [-0.3, -0.25) is 9.69 Å². The minimum absolute atomic E-state index is 0.0494. The Kier molecular flexibility index (Phi) is 4.22. The molecule has 0 N–H and O–H groups in total. The Hall–Kier alpha value is -2.17. The number of para-hydroxylation sites is 1. The molecule has 0 aliphatic carbocycles. The molecular formula is C17H13ClN2OS. The zero-order valence-corrected chi connectivity index (χ0v) is 13.4. The number of rotatable bonds is 3. The number of nitrogens with zero attached hydrogens (tertiary/aromatic N) is 2. The van der Waals surface area contributed by atoms with E-state index in [1.165, 1.54) is 6.92 Å². The van der Waals surface area contributed by atoms with Crippen LogP contribution in [0, 0.1) is 0 Å². The van der Waals surface area contributed by atoms with E-state index < -0.39 is 0 Å². The molecule has 1 heterocycles. The van der Waals surface area contributed by atoms with Gasteiger partial charge >= 0.3 is 0 Å². The summed E-state index contributed by atoms with van der Waals surface area (Å²) in [5, 5.41) is 1.50. The normalized spacial score (nSPS) is 11.2. The van der Waals surface area contributed by atoms with Crippen molar-refractivity contribution in [1.29, 1.82) is 0 Å². The van der Waals surface area contributed by atoms with E-state index in [1.54, 1.807) is 22.4 Å². The topological polar surface area (TPSA) is 33.2 Å². The Bertz CT molecular complexity index is 842. The van der Waals surface area contributed by atoms with Crippen molar-refractivity contribution in [2.75, 3.05) is 4.90 Å². The van der Waals surface area contributed by atoms with Gasteiger partial charge in [0.15, 0.2) is 0 Å². The maximum Gasteiger partial charge on any atom is 0.227 e. The summed E-state index contributed by atoms with van der Waals surface area (Å²) >= 11 is 7.53. The summed E-state index contributed by atoms with van der Waals surface area (Å²) in [6.45, 7) is 1.54. The van der Waals surface area contributed by atoms with Crippen LogP contribution in [-0.4, -0.2) is 10.9 Å². The molecule has 3 aromatic rings. The molecule has 0 atom stereocenters. The number of fused-ring (bicyclic) bond motifs is 1. The van der Waals surface area contributed by atoms with Gasteiger partial charge in [-0.15, -0.1) is 11.3 Å². The van der Waals surface area contributed by atoms with Crippen LogP contribution in [0.5, 0.6) is 0 Å². The Morgan fingerprint density at radius 1 is 1.23 bits per heavy atom. The van der Waals surface area contributed by atoms with Crippen LogP contribution in [-0.2, 0) is 4.79 Å². The molecule has 1 aromatic heterocycles. The van der Waals surface area contributed by atoms with Gasteiger partial charge in [0, 0.05) is 23.8 Å².